The summed E-state index contributed by atoms with van der Waals surface area (Å²) in [6.07, 6.45) is 3.64. The van der Waals surface area contributed by atoms with Gasteiger partial charge in [-0.15, -0.1) is 0 Å². The molecule has 2 aromatic rings. The Kier molecular flexibility index (Phi) is 1.78. The molecule has 1 aromatic carbocycles. The molecule has 3 heteroatoms. The van der Waals surface area contributed by atoms with Gasteiger partial charge in [0, 0.05) is 11.8 Å². The van der Waals surface area contributed by atoms with Gasteiger partial charge in [0.15, 0.2) is 0 Å². The van der Waals surface area contributed by atoms with Crippen molar-refractivity contribution in [3.8, 4) is 0 Å². The van der Waals surface area contributed by atoms with Gasteiger partial charge in [-0.2, -0.15) is 0 Å². The lowest BCUT2D eigenvalue weighted by Crippen LogP contribution is -2.05. The summed E-state index contributed by atoms with van der Waals surface area (Å²) in [6, 6.07) is 8.41. The largest absolute Gasteiger partial charge is 0.464 e. The molecule has 76 valence electrons. The highest BCUT2D eigenvalue weighted by atomic mass is 16.3. The normalized spacial score (nSPS) is 20.8. The maximum Gasteiger partial charge on any atom is 0.133 e. The third kappa shape index (κ3) is 1.40. The maximum atomic E-state index is 5.69. The molecule has 0 fully saturated rings. The highest BCUT2D eigenvalue weighted by Crippen LogP contribution is 2.30. The fraction of sp³-hybridized carbons (Fsp3) is 0.250. The molecule has 2 N–H and O–H groups in total. The van der Waals surface area contributed by atoms with E-state index in [1.807, 2.05) is 12.1 Å². The van der Waals surface area contributed by atoms with Gasteiger partial charge in [-0.05, 0) is 30.2 Å². The van der Waals surface area contributed by atoms with E-state index < -0.39 is 0 Å². The lowest BCUT2D eigenvalue weighted by Gasteiger charge is -2.05. The van der Waals surface area contributed by atoms with E-state index in [2.05, 4.69) is 17.1 Å². The van der Waals surface area contributed by atoms with Crippen LogP contribution in [0.25, 0.3) is 11.0 Å². The second-order valence-corrected chi connectivity index (χ2v) is 3.89. The summed E-state index contributed by atoms with van der Waals surface area (Å²) in [7, 11) is 0. The minimum Gasteiger partial charge on any atom is -0.464 e. The Morgan fingerprint density at radius 3 is 3.07 bits per heavy atom. The van der Waals surface area contributed by atoms with Crippen molar-refractivity contribution in [1.82, 2.24) is 0 Å². The monoisotopic (exact) mass is 200 g/mol. The Hall–Kier alpha value is -1.77. The summed E-state index contributed by atoms with van der Waals surface area (Å²) >= 11 is 0. The van der Waals surface area contributed by atoms with Gasteiger partial charge in [0.25, 0.3) is 0 Å². The topological polar surface area (TPSA) is 51.5 Å². The highest BCUT2D eigenvalue weighted by Gasteiger charge is 2.17. The smallest absolute Gasteiger partial charge is 0.133 e. The van der Waals surface area contributed by atoms with Gasteiger partial charge < -0.3 is 10.2 Å². The quantitative estimate of drug-likeness (QED) is 0.769. The van der Waals surface area contributed by atoms with E-state index in [1.54, 1.807) is 6.26 Å². The predicted molar refractivity (Wildman–Crippen MR) is 59.8 cm³/mol. The van der Waals surface area contributed by atoms with Crippen molar-refractivity contribution in [3.63, 3.8) is 0 Å². The number of nitrogens with two attached hydrogens (primary N) is 1. The average Bonchev–Trinajstić information content (AvgIpc) is 2.84. The Balaban J connectivity index is 2.04. The molecule has 2 heterocycles. The van der Waals surface area contributed by atoms with E-state index in [9.17, 15) is 0 Å². The van der Waals surface area contributed by atoms with E-state index >= 15 is 0 Å². The molecule has 1 atom stereocenters. The number of benzene rings is 1. The predicted octanol–water partition coefficient (Wildman–Crippen LogP) is 2.62. The molecule has 3 nitrogen and oxygen atoms in total. The van der Waals surface area contributed by atoms with Crippen LogP contribution in [-0.2, 0) is 0 Å². The Morgan fingerprint density at radius 2 is 2.27 bits per heavy atom. The van der Waals surface area contributed by atoms with Gasteiger partial charge in [-0.1, -0.05) is 6.07 Å². The van der Waals surface area contributed by atoms with Crippen LogP contribution in [0.4, 0.5) is 0 Å². The van der Waals surface area contributed by atoms with Crippen molar-refractivity contribution in [2.24, 2.45) is 10.7 Å². The molecule has 0 aliphatic carbocycles. The lowest BCUT2D eigenvalue weighted by atomic mass is 10.0. The van der Waals surface area contributed by atoms with Gasteiger partial charge in [0.05, 0.1) is 18.1 Å². The van der Waals surface area contributed by atoms with Crippen LogP contribution in [0, 0.1) is 0 Å². The number of amidine groups is 1. The standard InChI is InChI=1S/C12H12N2O/c13-12-4-2-10(14-12)8-1-3-11-9(7-8)5-6-15-11/h1,3,5-7,10H,2,4H2,(H2,13,14). The van der Waals surface area contributed by atoms with E-state index in [-0.39, 0.29) is 6.04 Å². The number of hydrogen-bond acceptors (Lipinski definition) is 3. The van der Waals surface area contributed by atoms with Crippen molar-refractivity contribution < 1.29 is 4.42 Å². The molecule has 1 aliphatic rings. The van der Waals surface area contributed by atoms with Gasteiger partial charge in [-0.25, -0.2) is 0 Å². The number of furan rings is 1. The Bertz CT molecular complexity index is 527. The van der Waals surface area contributed by atoms with Crippen LogP contribution in [0.1, 0.15) is 24.4 Å². The number of aliphatic imine (C=N–C) groups is 1. The zero-order valence-corrected chi connectivity index (χ0v) is 8.31. The Labute approximate surface area is 87.6 Å². The number of fused-ring (bicyclic) bond motifs is 1. The van der Waals surface area contributed by atoms with Crippen LogP contribution in [0.5, 0.6) is 0 Å². The first-order chi connectivity index (χ1) is 7.33. The average molecular weight is 200 g/mol. The molecular weight excluding hydrogens is 188 g/mol. The summed E-state index contributed by atoms with van der Waals surface area (Å²) in [6.45, 7) is 0. The van der Waals surface area contributed by atoms with Gasteiger partial charge in [-0.3, -0.25) is 4.99 Å². The first-order valence-electron chi connectivity index (χ1n) is 5.12. The zero-order valence-electron chi connectivity index (χ0n) is 8.31. The number of hydrogen-bond donors (Lipinski definition) is 1. The van der Waals surface area contributed by atoms with E-state index in [1.165, 1.54) is 5.56 Å². The number of rotatable bonds is 1. The van der Waals surface area contributed by atoms with Crippen LogP contribution >= 0.6 is 0 Å². The second kappa shape index (κ2) is 3.12. The summed E-state index contributed by atoms with van der Waals surface area (Å²) < 4.78 is 5.30. The second-order valence-electron chi connectivity index (χ2n) is 3.89. The molecule has 0 bridgehead atoms. The molecule has 1 unspecified atom stereocenters. The van der Waals surface area contributed by atoms with Crippen LogP contribution in [-0.4, -0.2) is 5.84 Å². The molecule has 15 heavy (non-hydrogen) atoms. The molecule has 3 rings (SSSR count). The summed E-state index contributed by atoms with van der Waals surface area (Å²) in [4.78, 5) is 4.41. The molecule has 0 amide bonds. The van der Waals surface area contributed by atoms with Crippen LogP contribution in [0.15, 0.2) is 39.9 Å². The first-order valence-corrected chi connectivity index (χ1v) is 5.12. The van der Waals surface area contributed by atoms with Crippen LogP contribution in [0.3, 0.4) is 0 Å². The Morgan fingerprint density at radius 1 is 1.33 bits per heavy atom. The fourth-order valence-electron chi connectivity index (χ4n) is 2.05. The molecule has 0 saturated carbocycles. The van der Waals surface area contributed by atoms with Crippen molar-refractivity contribution in [3.05, 3.63) is 36.1 Å². The lowest BCUT2D eigenvalue weighted by molar-refractivity contribution is 0.615. The summed E-state index contributed by atoms with van der Waals surface area (Å²) in [5, 5.41) is 1.13. The minimum absolute atomic E-state index is 0.240. The zero-order chi connectivity index (χ0) is 10.3. The number of nitrogens with zero attached hydrogens (tertiary/aromatic N) is 1. The van der Waals surface area contributed by atoms with Gasteiger partial charge in [0.1, 0.15) is 5.58 Å². The molecule has 1 aliphatic heterocycles. The van der Waals surface area contributed by atoms with E-state index in [0.29, 0.717) is 0 Å². The van der Waals surface area contributed by atoms with Gasteiger partial charge >= 0.3 is 0 Å². The molecule has 0 saturated heterocycles. The SMILES string of the molecule is NC1=NC(c2ccc3occc3c2)CC1. The van der Waals surface area contributed by atoms with Crippen molar-refractivity contribution in [2.75, 3.05) is 0 Å². The summed E-state index contributed by atoms with van der Waals surface area (Å²) in [5.74, 6) is 0.771. The van der Waals surface area contributed by atoms with Crippen LogP contribution < -0.4 is 5.73 Å². The maximum absolute atomic E-state index is 5.69. The highest BCUT2D eigenvalue weighted by molar-refractivity contribution is 5.83. The summed E-state index contributed by atoms with van der Waals surface area (Å²) in [5.41, 5.74) is 7.84. The third-order valence-electron chi connectivity index (χ3n) is 2.86. The minimum atomic E-state index is 0.240. The van der Waals surface area contributed by atoms with Gasteiger partial charge in [0.2, 0.25) is 0 Å². The third-order valence-corrected chi connectivity index (χ3v) is 2.86. The van der Waals surface area contributed by atoms with E-state index in [4.69, 9.17) is 10.2 Å². The van der Waals surface area contributed by atoms with Crippen molar-refractivity contribution in [2.45, 2.75) is 18.9 Å². The molecule has 0 radical (unpaired) electrons. The molecule has 1 aromatic heterocycles. The van der Waals surface area contributed by atoms with Crippen molar-refractivity contribution in [1.29, 1.82) is 0 Å². The van der Waals surface area contributed by atoms with Crippen molar-refractivity contribution >= 4 is 16.8 Å². The molecule has 0 spiro atoms. The van der Waals surface area contributed by atoms with E-state index in [0.717, 1.165) is 29.6 Å². The first kappa shape index (κ1) is 8.53. The van der Waals surface area contributed by atoms with Crippen LogP contribution in [0.2, 0.25) is 0 Å². The molecular formula is C12H12N2O. The fourth-order valence-corrected chi connectivity index (χ4v) is 2.05.